The average Bonchev–Trinajstić information content (AvgIpc) is 2.80. The average molecular weight is 461 g/mol. The van der Waals surface area contributed by atoms with E-state index in [1.165, 1.54) is 0 Å². The lowest BCUT2D eigenvalue weighted by atomic mass is 9.73. The third-order valence-electron chi connectivity index (χ3n) is 7.28. The van der Waals surface area contributed by atoms with Crippen molar-refractivity contribution in [1.29, 1.82) is 0 Å². The van der Waals surface area contributed by atoms with E-state index in [2.05, 4.69) is 13.8 Å². The fourth-order valence-electron chi connectivity index (χ4n) is 5.14. The van der Waals surface area contributed by atoms with E-state index in [-0.39, 0.29) is 24.9 Å². The maximum Gasteiger partial charge on any atom is 0.313 e. The standard InChI is InChI=1S/C27H40O6/c1-4-6-10-20(5-2)16-27(26(31)32,17-21-11-8-7-9-12-21)18-33-25(30)22-14-13-19(3)15-23(22)24(28)29/h7-9,11-12,19-20,22-23H,4-6,10,13-18H2,1-3H3,(H,28,29)(H,31,32). The van der Waals surface area contributed by atoms with E-state index in [1.54, 1.807) is 0 Å². The molecule has 1 aliphatic carbocycles. The molecule has 0 aliphatic heterocycles. The van der Waals surface area contributed by atoms with E-state index in [9.17, 15) is 24.6 Å². The second-order valence-electron chi connectivity index (χ2n) is 9.95. The Morgan fingerprint density at radius 2 is 1.79 bits per heavy atom. The van der Waals surface area contributed by atoms with Crippen LogP contribution in [-0.4, -0.2) is 34.7 Å². The first-order chi connectivity index (χ1) is 15.7. The van der Waals surface area contributed by atoms with Crippen LogP contribution in [-0.2, 0) is 25.5 Å². The summed E-state index contributed by atoms with van der Waals surface area (Å²) in [5.74, 6) is -3.56. The van der Waals surface area contributed by atoms with Crippen LogP contribution < -0.4 is 0 Å². The van der Waals surface area contributed by atoms with Crippen molar-refractivity contribution in [3.05, 3.63) is 35.9 Å². The highest BCUT2D eigenvalue weighted by Gasteiger charge is 2.44. The van der Waals surface area contributed by atoms with Gasteiger partial charge < -0.3 is 14.9 Å². The van der Waals surface area contributed by atoms with Crippen LogP contribution in [0.4, 0.5) is 0 Å². The largest absolute Gasteiger partial charge is 0.481 e. The van der Waals surface area contributed by atoms with Crippen molar-refractivity contribution < 1.29 is 29.3 Å². The number of benzene rings is 1. The molecule has 0 amide bonds. The van der Waals surface area contributed by atoms with E-state index < -0.39 is 35.2 Å². The van der Waals surface area contributed by atoms with E-state index in [1.807, 2.05) is 37.3 Å². The maximum atomic E-state index is 13.0. The van der Waals surface area contributed by atoms with Gasteiger partial charge in [0.1, 0.15) is 12.0 Å². The van der Waals surface area contributed by atoms with Crippen molar-refractivity contribution in [2.45, 2.75) is 78.6 Å². The summed E-state index contributed by atoms with van der Waals surface area (Å²) in [5.41, 5.74) is -0.359. The molecule has 0 radical (unpaired) electrons. The summed E-state index contributed by atoms with van der Waals surface area (Å²) in [6.45, 7) is 5.94. The van der Waals surface area contributed by atoms with Crippen LogP contribution in [0.1, 0.15) is 77.7 Å². The molecule has 6 heteroatoms. The molecule has 5 atom stereocenters. The second-order valence-corrected chi connectivity index (χ2v) is 9.95. The number of carbonyl (C=O) groups excluding carboxylic acids is 1. The number of hydrogen-bond donors (Lipinski definition) is 2. The van der Waals surface area contributed by atoms with Gasteiger partial charge in [0.2, 0.25) is 0 Å². The molecule has 1 fully saturated rings. The summed E-state index contributed by atoms with van der Waals surface area (Å²) in [5, 5.41) is 20.0. The van der Waals surface area contributed by atoms with Gasteiger partial charge in [-0.25, -0.2) is 0 Å². The van der Waals surface area contributed by atoms with Gasteiger partial charge in [-0.1, -0.05) is 76.8 Å². The van der Waals surface area contributed by atoms with Gasteiger partial charge in [-0.05, 0) is 49.5 Å². The highest BCUT2D eigenvalue weighted by Crippen LogP contribution is 2.38. The third kappa shape index (κ3) is 7.58. The van der Waals surface area contributed by atoms with Crippen LogP contribution in [0.25, 0.3) is 0 Å². The molecule has 0 heterocycles. The molecule has 5 unspecified atom stereocenters. The van der Waals surface area contributed by atoms with Gasteiger partial charge in [-0.3, -0.25) is 14.4 Å². The first-order valence-electron chi connectivity index (χ1n) is 12.4. The number of hydrogen-bond acceptors (Lipinski definition) is 4. The summed E-state index contributed by atoms with van der Waals surface area (Å²) in [6.07, 6.45) is 6.23. The lowest BCUT2D eigenvalue weighted by Crippen LogP contribution is -2.43. The lowest BCUT2D eigenvalue weighted by Gasteiger charge is -2.35. The molecule has 1 aliphatic rings. The van der Waals surface area contributed by atoms with Crippen LogP contribution in [0, 0.1) is 29.1 Å². The summed E-state index contributed by atoms with van der Waals surface area (Å²) < 4.78 is 5.66. The van der Waals surface area contributed by atoms with Crippen molar-refractivity contribution in [1.82, 2.24) is 0 Å². The Kier molecular flexibility index (Phi) is 10.4. The number of aliphatic carboxylic acids is 2. The predicted octanol–water partition coefficient (Wildman–Crippen LogP) is 5.59. The lowest BCUT2D eigenvalue weighted by molar-refractivity contribution is -0.168. The molecular formula is C27H40O6. The van der Waals surface area contributed by atoms with Gasteiger partial charge in [0.05, 0.1) is 11.8 Å². The molecule has 6 nitrogen and oxygen atoms in total. The second kappa shape index (κ2) is 12.8. The van der Waals surface area contributed by atoms with Gasteiger partial charge in [0.15, 0.2) is 0 Å². The molecule has 184 valence electrons. The van der Waals surface area contributed by atoms with E-state index >= 15 is 0 Å². The van der Waals surface area contributed by atoms with E-state index in [4.69, 9.17) is 4.74 Å². The van der Waals surface area contributed by atoms with E-state index in [0.29, 0.717) is 19.3 Å². The minimum absolute atomic E-state index is 0.214. The van der Waals surface area contributed by atoms with Crippen LogP contribution in [0.2, 0.25) is 0 Å². The molecule has 2 rings (SSSR count). The molecule has 0 aromatic heterocycles. The van der Waals surface area contributed by atoms with Crippen LogP contribution >= 0.6 is 0 Å². The number of carboxylic acid groups (broad SMARTS) is 2. The quantitative estimate of drug-likeness (QED) is 0.372. The Hall–Kier alpha value is -2.37. The molecule has 2 N–H and O–H groups in total. The number of carboxylic acids is 2. The molecule has 0 saturated heterocycles. The van der Waals surface area contributed by atoms with Crippen molar-refractivity contribution in [3.63, 3.8) is 0 Å². The summed E-state index contributed by atoms with van der Waals surface area (Å²) in [6, 6.07) is 9.44. The van der Waals surface area contributed by atoms with Crippen LogP contribution in [0.3, 0.4) is 0 Å². The van der Waals surface area contributed by atoms with Gasteiger partial charge >= 0.3 is 17.9 Å². The summed E-state index contributed by atoms with van der Waals surface area (Å²) in [7, 11) is 0. The van der Waals surface area contributed by atoms with Crippen LogP contribution in [0.15, 0.2) is 30.3 Å². The van der Waals surface area contributed by atoms with Crippen molar-refractivity contribution in [2.75, 3.05) is 6.61 Å². The van der Waals surface area contributed by atoms with Crippen molar-refractivity contribution in [2.24, 2.45) is 29.1 Å². The predicted molar refractivity (Wildman–Crippen MR) is 127 cm³/mol. The monoisotopic (exact) mass is 460 g/mol. The molecule has 1 aromatic carbocycles. The number of carbonyl (C=O) groups is 3. The van der Waals surface area contributed by atoms with Gasteiger partial charge in [0.25, 0.3) is 0 Å². The minimum atomic E-state index is -1.24. The van der Waals surface area contributed by atoms with Gasteiger partial charge in [-0.2, -0.15) is 0 Å². The Morgan fingerprint density at radius 3 is 2.36 bits per heavy atom. The van der Waals surface area contributed by atoms with Gasteiger partial charge in [-0.15, -0.1) is 0 Å². The first kappa shape index (κ1) is 26.9. The Labute approximate surface area is 197 Å². The topological polar surface area (TPSA) is 101 Å². The number of rotatable bonds is 13. The summed E-state index contributed by atoms with van der Waals surface area (Å²) in [4.78, 5) is 37.4. The summed E-state index contributed by atoms with van der Waals surface area (Å²) >= 11 is 0. The first-order valence-corrected chi connectivity index (χ1v) is 12.4. The fraction of sp³-hybridized carbons (Fsp3) is 0.667. The number of ether oxygens (including phenoxy) is 1. The minimum Gasteiger partial charge on any atom is -0.481 e. The van der Waals surface area contributed by atoms with Crippen molar-refractivity contribution >= 4 is 17.9 Å². The van der Waals surface area contributed by atoms with Crippen LogP contribution in [0.5, 0.6) is 0 Å². The highest BCUT2D eigenvalue weighted by atomic mass is 16.5. The molecule has 1 aromatic rings. The Bertz CT molecular complexity index is 776. The zero-order valence-electron chi connectivity index (χ0n) is 20.3. The molecule has 33 heavy (non-hydrogen) atoms. The van der Waals surface area contributed by atoms with E-state index in [0.717, 1.165) is 37.7 Å². The van der Waals surface area contributed by atoms with Crippen molar-refractivity contribution in [3.8, 4) is 0 Å². The number of esters is 1. The number of unbranched alkanes of at least 4 members (excludes halogenated alkanes) is 1. The zero-order chi connectivity index (χ0) is 24.4. The highest BCUT2D eigenvalue weighted by molar-refractivity contribution is 5.82. The molecular weight excluding hydrogens is 420 g/mol. The normalized spacial score (nSPS) is 23.3. The Balaban J connectivity index is 2.25. The SMILES string of the molecule is CCCCC(CC)CC(COC(=O)C1CCC(C)CC1C(=O)O)(Cc1ccccc1)C(=O)O. The fourth-order valence-corrected chi connectivity index (χ4v) is 5.14. The smallest absolute Gasteiger partial charge is 0.313 e. The Morgan fingerprint density at radius 1 is 1.09 bits per heavy atom. The van der Waals surface area contributed by atoms with Gasteiger partial charge in [0, 0.05) is 0 Å². The maximum absolute atomic E-state index is 13.0. The molecule has 0 spiro atoms. The molecule has 0 bridgehead atoms. The third-order valence-corrected chi connectivity index (χ3v) is 7.28. The zero-order valence-corrected chi connectivity index (χ0v) is 20.3. The molecule has 1 saturated carbocycles.